The summed E-state index contributed by atoms with van der Waals surface area (Å²) in [7, 11) is 2.14. The minimum absolute atomic E-state index is 0.874. The molecule has 0 aliphatic rings. The molecule has 2 rings (SSSR count). The standard InChI is InChI=1S/C18H25N3/c1-3-10-19-13-16-7-6-8-17(12-16)14-21(2)15-18-9-4-5-11-20-18/h4-9,11-12,19H,3,10,13-15H2,1-2H3. The van der Waals surface area contributed by atoms with Crippen LogP contribution in [0.4, 0.5) is 0 Å². The van der Waals surface area contributed by atoms with Crippen molar-refractivity contribution in [1.29, 1.82) is 0 Å². The first-order chi connectivity index (χ1) is 10.3. The monoisotopic (exact) mass is 283 g/mol. The third-order valence-electron chi connectivity index (χ3n) is 3.36. The van der Waals surface area contributed by atoms with Crippen LogP contribution in [-0.4, -0.2) is 23.5 Å². The highest BCUT2D eigenvalue weighted by molar-refractivity contribution is 5.23. The molecule has 1 aromatic carbocycles. The van der Waals surface area contributed by atoms with Gasteiger partial charge in [0.2, 0.25) is 0 Å². The molecule has 3 nitrogen and oxygen atoms in total. The molecular formula is C18H25N3. The molecule has 0 fully saturated rings. The van der Waals surface area contributed by atoms with Crippen LogP contribution in [0.2, 0.25) is 0 Å². The summed E-state index contributed by atoms with van der Waals surface area (Å²) < 4.78 is 0. The lowest BCUT2D eigenvalue weighted by molar-refractivity contribution is 0.315. The molecule has 0 aliphatic heterocycles. The third-order valence-corrected chi connectivity index (χ3v) is 3.36. The van der Waals surface area contributed by atoms with Crippen molar-refractivity contribution < 1.29 is 0 Å². The minimum atomic E-state index is 0.874. The van der Waals surface area contributed by atoms with Gasteiger partial charge in [-0.15, -0.1) is 0 Å². The second-order valence-electron chi connectivity index (χ2n) is 5.49. The summed E-state index contributed by atoms with van der Waals surface area (Å²) in [6.07, 6.45) is 3.02. The van der Waals surface area contributed by atoms with Crippen molar-refractivity contribution in [2.75, 3.05) is 13.6 Å². The van der Waals surface area contributed by atoms with E-state index >= 15 is 0 Å². The van der Waals surface area contributed by atoms with Crippen molar-refractivity contribution in [3.63, 3.8) is 0 Å². The Morgan fingerprint density at radius 1 is 1.05 bits per heavy atom. The van der Waals surface area contributed by atoms with Gasteiger partial charge in [-0.05, 0) is 43.3 Å². The van der Waals surface area contributed by atoms with E-state index in [1.54, 1.807) is 0 Å². The van der Waals surface area contributed by atoms with Crippen LogP contribution < -0.4 is 5.32 Å². The van der Waals surface area contributed by atoms with E-state index in [1.807, 2.05) is 18.3 Å². The molecule has 0 bridgehead atoms. The third kappa shape index (κ3) is 5.66. The minimum Gasteiger partial charge on any atom is -0.313 e. The van der Waals surface area contributed by atoms with Crippen LogP contribution in [0.5, 0.6) is 0 Å². The zero-order valence-electron chi connectivity index (χ0n) is 13.0. The molecule has 0 aliphatic carbocycles. The van der Waals surface area contributed by atoms with E-state index in [-0.39, 0.29) is 0 Å². The van der Waals surface area contributed by atoms with Gasteiger partial charge in [-0.2, -0.15) is 0 Å². The molecular weight excluding hydrogens is 258 g/mol. The number of aromatic nitrogens is 1. The topological polar surface area (TPSA) is 28.2 Å². The molecule has 1 aromatic heterocycles. The number of pyridine rings is 1. The molecule has 0 spiro atoms. The average Bonchev–Trinajstić information content (AvgIpc) is 2.49. The highest BCUT2D eigenvalue weighted by Crippen LogP contribution is 2.09. The first-order valence-electron chi connectivity index (χ1n) is 7.65. The molecule has 1 N–H and O–H groups in total. The van der Waals surface area contributed by atoms with Gasteiger partial charge in [0.05, 0.1) is 5.69 Å². The van der Waals surface area contributed by atoms with Crippen molar-refractivity contribution in [2.24, 2.45) is 0 Å². The Labute approximate surface area is 128 Å². The molecule has 0 saturated heterocycles. The summed E-state index contributed by atoms with van der Waals surface area (Å²) in [4.78, 5) is 6.67. The molecule has 0 saturated carbocycles. The van der Waals surface area contributed by atoms with Crippen molar-refractivity contribution in [3.05, 3.63) is 65.5 Å². The number of hydrogen-bond donors (Lipinski definition) is 1. The normalized spacial score (nSPS) is 11.0. The summed E-state index contributed by atoms with van der Waals surface area (Å²) >= 11 is 0. The highest BCUT2D eigenvalue weighted by Gasteiger charge is 2.03. The predicted octanol–water partition coefficient (Wildman–Crippen LogP) is 3.21. The lowest BCUT2D eigenvalue weighted by atomic mass is 10.1. The van der Waals surface area contributed by atoms with E-state index in [4.69, 9.17) is 0 Å². The Bertz CT molecular complexity index is 525. The smallest absolute Gasteiger partial charge is 0.0543 e. The molecule has 3 heteroatoms. The fourth-order valence-corrected chi connectivity index (χ4v) is 2.38. The van der Waals surface area contributed by atoms with Crippen LogP contribution >= 0.6 is 0 Å². The fraction of sp³-hybridized carbons (Fsp3) is 0.389. The van der Waals surface area contributed by atoms with Gasteiger partial charge in [0.15, 0.2) is 0 Å². The summed E-state index contributed by atoms with van der Waals surface area (Å²) in [5.41, 5.74) is 3.82. The lowest BCUT2D eigenvalue weighted by Gasteiger charge is -2.16. The van der Waals surface area contributed by atoms with Crippen LogP contribution in [0.3, 0.4) is 0 Å². The van der Waals surface area contributed by atoms with E-state index in [1.165, 1.54) is 17.5 Å². The van der Waals surface area contributed by atoms with E-state index in [9.17, 15) is 0 Å². The van der Waals surface area contributed by atoms with Gasteiger partial charge in [0, 0.05) is 25.8 Å². The van der Waals surface area contributed by atoms with Gasteiger partial charge in [-0.3, -0.25) is 9.88 Å². The number of rotatable bonds is 8. The van der Waals surface area contributed by atoms with Gasteiger partial charge >= 0.3 is 0 Å². The van der Waals surface area contributed by atoms with Gasteiger partial charge in [0.1, 0.15) is 0 Å². The molecule has 0 atom stereocenters. The Morgan fingerprint density at radius 2 is 1.90 bits per heavy atom. The number of nitrogens with one attached hydrogen (secondary N) is 1. The van der Waals surface area contributed by atoms with Crippen LogP contribution in [0, 0.1) is 0 Å². The van der Waals surface area contributed by atoms with E-state index in [2.05, 4.69) is 59.5 Å². The SMILES string of the molecule is CCCNCc1cccc(CN(C)Cc2ccccn2)c1. The number of hydrogen-bond acceptors (Lipinski definition) is 3. The summed E-state index contributed by atoms with van der Waals surface area (Å²) in [5.74, 6) is 0. The molecule has 0 radical (unpaired) electrons. The van der Waals surface area contributed by atoms with Crippen molar-refractivity contribution in [3.8, 4) is 0 Å². The number of benzene rings is 1. The van der Waals surface area contributed by atoms with Gasteiger partial charge < -0.3 is 5.32 Å². The average molecular weight is 283 g/mol. The molecule has 21 heavy (non-hydrogen) atoms. The van der Waals surface area contributed by atoms with Crippen molar-refractivity contribution >= 4 is 0 Å². The molecule has 0 unspecified atom stereocenters. The molecule has 112 valence electrons. The van der Waals surface area contributed by atoms with Crippen LogP contribution in [0.25, 0.3) is 0 Å². The molecule has 0 amide bonds. The summed E-state index contributed by atoms with van der Waals surface area (Å²) in [6, 6.07) is 14.9. The van der Waals surface area contributed by atoms with E-state index < -0.39 is 0 Å². The highest BCUT2D eigenvalue weighted by atomic mass is 15.1. The second kappa shape index (κ2) is 8.55. The van der Waals surface area contributed by atoms with E-state index in [0.717, 1.165) is 31.9 Å². The van der Waals surface area contributed by atoms with Crippen molar-refractivity contribution in [1.82, 2.24) is 15.2 Å². The maximum absolute atomic E-state index is 4.38. The van der Waals surface area contributed by atoms with Crippen molar-refractivity contribution in [2.45, 2.75) is 33.0 Å². The zero-order valence-corrected chi connectivity index (χ0v) is 13.0. The Hall–Kier alpha value is -1.71. The second-order valence-corrected chi connectivity index (χ2v) is 5.49. The Morgan fingerprint density at radius 3 is 2.67 bits per heavy atom. The first kappa shape index (κ1) is 15.7. The van der Waals surface area contributed by atoms with Crippen LogP contribution in [0.15, 0.2) is 48.7 Å². The molecule has 1 heterocycles. The van der Waals surface area contributed by atoms with E-state index in [0.29, 0.717) is 0 Å². The summed E-state index contributed by atoms with van der Waals surface area (Å²) in [6.45, 7) is 6.03. The Balaban J connectivity index is 1.88. The predicted molar refractivity (Wildman–Crippen MR) is 87.8 cm³/mol. The van der Waals surface area contributed by atoms with Gasteiger partial charge in [-0.25, -0.2) is 0 Å². The maximum Gasteiger partial charge on any atom is 0.0543 e. The lowest BCUT2D eigenvalue weighted by Crippen LogP contribution is -2.18. The Kier molecular flexibility index (Phi) is 6.38. The quantitative estimate of drug-likeness (QED) is 0.754. The largest absolute Gasteiger partial charge is 0.313 e. The van der Waals surface area contributed by atoms with Gasteiger partial charge in [-0.1, -0.05) is 37.3 Å². The summed E-state index contributed by atoms with van der Waals surface area (Å²) in [5, 5.41) is 3.45. The van der Waals surface area contributed by atoms with Gasteiger partial charge in [0.25, 0.3) is 0 Å². The molecule has 2 aromatic rings. The van der Waals surface area contributed by atoms with Crippen LogP contribution in [-0.2, 0) is 19.6 Å². The number of nitrogens with zero attached hydrogens (tertiary/aromatic N) is 2. The van der Waals surface area contributed by atoms with Crippen LogP contribution in [0.1, 0.15) is 30.2 Å². The maximum atomic E-state index is 4.38. The first-order valence-corrected chi connectivity index (χ1v) is 7.65. The fourth-order valence-electron chi connectivity index (χ4n) is 2.38. The zero-order chi connectivity index (χ0) is 14.9.